The van der Waals surface area contributed by atoms with E-state index in [2.05, 4.69) is 25.5 Å². The van der Waals surface area contributed by atoms with Crippen LogP contribution in [0.15, 0.2) is 24.5 Å². The van der Waals surface area contributed by atoms with Crippen molar-refractivity contribution in [2.45, 2.75) is 32.1 Å². The number of rotatable bonds is 6. The van der Waals surface area contributed by atoms with Crippen LogP contribution < -0.4 is 15.5 Å². The molecule has 8 heteroatoms. The van der Waals surface area contributed by atoms with Crippen LogP contribution in [0.3, 0.4) is 0 Å². The predicted octanol–water partition coefficient (Wildman–Crippen LogP) is 4.12. The minimum atomic E-state index is -0.360. The van der Waals surface area contributed by atoms with Gasteiger partial charge >= 0.3 is 0 Å². The molecule has 0 unspecified atom stereocenters. The summed E-state index contributed by atoms with van der Waals surface area (Å²) < 4.78 is 14.1. The van der Waals surface area contributed by atoms with Crippen LogP contribution in [0.1, 0.15) is 31.2 Å². The van der Waals surface area contributed by atoms with E-state index in [1.807, 2.05) is 6.07 Å². The number of halogens is 2. The lowest BCUT2D eigenvalue weighted by atomic mass is 9.90. The Morgan fingerprint density at radius 1 is 1.23 bits per heavy atom. The molecular formula is C22H25ClFN5O. The summed E-state index contributed by atoms with van der Waals surface area (Å²) in [6.45, 7) is 2.82. The molecule has 2 fully saturated rings. The number of carbonyl (C=O) groups excluding carboxylic acids is 1. The maximum atomic E-state index is 14.1. The fourth-order valence-electron chi connectivity index (χ4n) is 4.98. The van der Waals surface area contributed by atoms with Crippen LogP contribution in [0.25, 0.3) is 0 Å². The highest BCUT2D eigenvalue weighted by Gasteiger charge is 2.43. The number of hydrogen-bond donors (Lipinski definition) is 2. The molecule has 1 saturated heterocycles. The van der Waals surface area contributed by atoms with E-state index in [1.165, 1.54) is 25.3 Å². The highest BCUT2D eigenvalue weighted by atomic mass is 35.5. The Morgan fingerprint density at radius 3 is 2.77 bits per heavy atom. The second kappa shape index (κ2) is 8.02. The van der Waals surface area contributed by atoms with Gasteiger partial charge in [-0.1, -0.05) is 11.6 Å². The molecule has 2 aromatic rings. The zero-order valence-electron chi connectivity index (χ0n) is 16.7. The van der Waals surface area contributed by atoms with Gasteiger partial charge in [0.05, 0.1) is 29.5 Å². The monoisotopic (exact) mass is 429 g/mol. The molecule has 1 saturated carbocycles. The molecule has 2 aliphatic heterocycles. The Kier molecular flexibility index (Phi) is 5.23. The van der Waals surface area contributed by atoms with E-state index in [-0.39, 0.29) is 18.1 Å². The van der Waals surface area contributed by atoms with E-state index >= 15 is 0 Å². The first-order valence-electron chi connectivity index (χ1n) is 10.7. The molecular weight excluding hydrogens is 405 g/mol. The maximum Gasteiger partial charge on any atom is 0.228 e. The van der Waals surface area contributed by atoms with Crippen molar-refractivity contribution in [3.8, 4) is 0 Å². The summed E-state index contributed by atoms with van der Waals surface area (Å²) in [5.74, 6) is 2.60. The largest absolute Gasteiger partial charge is 0.385 e. The van der Waals surface area contributed by atoms with Gasteiger partial charge in [-0.2, -0.15) is 0 Å². The Balaban J connectivity index is 1.07. The fourth-order valence-corrected chi connectivity index (χ4v) is 5.08. The average molecular weight is 430 g/mol. The summed E-state index contributed by atoms with van der Waals surface area (Å²) >= 11 is 5.88. The molecule has 6 nitrogen and oxygen atoms in total. The van der Waals surface area contributed by atoms with Crippen molar-refractivity contribution in [2.75, 3.05) is 35.2 Å². The topological polar surface area (TPSA) is 70.2 Å². The van der Waals surface area contributed by atoms with E-state index in [0.29, 0.717) is 10.7 Å². The number of piperidine rings is 1. The summed E-state index contributed by atoms with van der Waals surface area (Å²) in [7, 11) is 0. The van der Waals surface area contributed by atoms with Crippen molar-refractivity contribution in [3.63, 3.8) is 0 Å². The SMILES string of the molecule is O=C1Cc2cc(NCC[C@@H]3C[C@@H]3C3CCN(c4ncc(Cl)cn4)CC3)cc(F)c2N1. The van der Waals surface area contributed by atoms with E-state index in [0.717, 1.165) is 61.0 Å². The van der Waals surface area contributed by atoms with Gasteiger partial charge in [-0.15, -0.1) is 0 Å². The van der Waals surface area contributed by atoms with Gasteiger partial charge in [0.2, 0.25) is 11.9 Å². The summed E-state index contributed by atoms with van der Waals surface area (Å²) in [5.41, 5.74) is 1.84. The number of nitrogens with one attached hydrogen (secondary N) is 2. The van der Waals surface area contributed by atoms with Gasteiger partial charge in [0.15, 0.2) is 0 Å². The van der Waals surface area contributed by atoms with Crippen molar-refractivity contribution in [3.05, 3.63) is 40.9 Å². The third kappa shape index (κ3) is 4.08. The zero-order chi connectivity index (χ0) is 20.7. The number of benzene rings is 1. The first-order valence-corrected chi connectivity index (χ1v) is 11.0. The first-order chi connectivity index (χ1) is 14.6. The van der Waals surface area contributed by atoms with Gasteiger partial charge in [0.25, 0.3) is 0 Å². The molecule has 5 rings (SSSR count). The maximum absolute atomic E-state index is 14.1. The van der Waals surface area contributed by atoms with Crippen molar-refractivity contribution in [1.29, 1.82) is 0 Å². The summed E-state index contributed by atoms with van der Waals surface area (Å²) in [4.78, 5) is 22.4. The second-order valence-electron chi connectivity index (χ2n) is 8.62. The highest BCUT2D eigenvalue weighted by Crippen LogP contribution is 2.49. The minimum Gasteiger partial charge on any atom is -0.385 e. The van der Waals surface area contributed by atoms with Crippen LogP contribution in [0, 0.1) is 23.6 Å². The summed E-state index contributed by atoms with van der Waals surface area (Å²) in [6, 6.07) is 3.36. The molecule has 1 aromatic carbocycles. The van der Waals surface area contributed by atoms with E-state index < -0.39 is 0 Å². The van der Waals surface area contributed by atoms with Crippen molar-refractivity contribution in [1.82, 2.24) is 9.97 Å². The number of anilines is 3. The average Bonchev–Trinajstić information content (AvgIpc) is 3.41. The lowest BCUT2D eigenvalue weighted by Crippen LogP contribution is -2.35. The standard InChI is InChI=1S/C22H25ClFN5O/c23-16-11-26-22(27-12-16)29-5-2-13(3-6-29)18-8-14(18)1-4-25-17-7-15-9-20(30)28-21(15)19(24)10-17/h7,10-14,18,25H,1-6,8-9H2,(H,28,30)/t14-,18-/m1/s1. The fraction of sp³-hybridized carbons (Fsp3) is 0.500. The van der Waals surface area contributed by atoms with Crippen LogP contribution >= 0.6 is 11.6 Å². The molecule has 0 radical (unpaired) electrons. The molecule has 3 aliphatic rings. The number of nitrogens with zero attached hydrogens (tertiary/aromatic N) is 3. The molecule has 0 spiro atoms. The lowest BCUT2D eigenvalue weighted by Gasteiger charge is -2.32. The zero-order valence-corrected chi connectivity index (χ0v) is 17.5. The molecule has 2 atom stereocenters. The third-order valence-corrected chi connectivity index (χ3v) is 6.84. The van der Waals surface area contributed by atoms with Crippen LogP contribution in [0.4, 0.5) is 21.7 Å². The van der Waals surface area contributed by atoms with E-state index in [4.69, 9.17) is 11.6 Å². The van der Waals surface area contributed by atoms with E-state index in [1.54, 1.807) is 12.4 Å². The molecule has 2 N–H and O–H groups in total. The van der Waals surface area contributed by atoms with Gasteiger partial charge in [-0.05, 0) is 61.1 Å². The third-order valence-electron chi connectivity index (χ3n) is 6.64. The smallest absolute Gasteiger partial charge is 0.228 e. The Labute approximate surface area is 180 Å². The number of carbonyl (C=O) groups is 1. The molecule has 1 amide bonds. The molecule has 1 aliphatic carbocycles. The number of hydrogen-bond acceptors (Lipinski definition) is 5. The minimum absolute atomic E-state index is 0.143. The quantitative estimate of drug-likeness (QED) is 0.722. The lowest BCUT2D eigenvalue weighted by molar-refractivity contribution is -0.115. The van der Waals surface area contributed by atoms with Gasteiger partial charge in [-0.25, -0.2) is 14.4 Å². The molecule has 30 heavy (non-hydrogen) atoms. The number of amides is 1. The Bertz CT molecular complexity index is 945. The Morgan fingerprint density at radius 2 is 2.00 bits per heavy atom. The van der Waals surface area contributed by atoms with E-state index in [9.17, 15) is 9.18 Å². The number of aromatic nitrogens is 2. The number of fused-ring (bicyclic) bond motifs is 1. The van der Waals surface area contributed by atoms with Crippen molar-refractivity contribution < 1.29 is 9.18 Å². The van der Waals surface area contributed by atoms with Gasteiger partial charge in [0, 0.05) is 25.3 Å². The summed E-state index contributed by atoms with van der Waals surface area (Å²) in [5, 5.41) is 6.49. The Hall–Kier alpha value is -2.41. The first kappa shape index (κ1) is 19.5. The van der Waals surface area contributed by atoms with Crippen molar-refractivity contribution in [2.24, 2.45) is 17.8 Å². The normalized spacial score (nSPS) is 23.3. The second-order valence-corrected chi connectivity index (χ2v) is 9.05. The predicted molar refractivity (Wildman–Crippen MR) is 115 cm³/mol. The van der Waals surface area contributed by atoms with Crippen LogP contribution in [0.5, 0.6) is 0 Å². The van der Waals surface area contributed by atoms with Crippen LogP contribution in [-0.2, 0) is 11.2 Å². The summed E-state index contributed by atoms with van der Waals surface area (Å²) in [6.07, 6.45) is 8.31. The highest BCUT2D eigenvalue weighted by molar-refractivity contribution is 6.30. The molecule has 1 aromatic heterocycles. The van der Waals surface area contributed by atoms with Crippen LogP contribution in [-0.4, -0.2) is 35.5 Å². The van der Waals surface area contributed by atoms with Crippen molar-refractivity contribution >= 4 is 34.8 Å². The molecule has 0 bridgehead atoms. The van der Waals surface area contributed by atoms with Gasteiger partial charge in [0.1, 0.15) is 5.82 Å². The van der Waals surface area contributed by atoms with Gasteiger partial charge in [-0.3, -0.25) is 4.79 Å². The van der Waals surface area contributed by atoms with Gasteiger partial charge < -0.3 is 15.5 Å². The molecule has 158 valence electrons. The van der Waals surface area contributed by atoms with Crippen LogP contribution in [0.2, 0.25) is 5.02 Å². The molecule has 3 heterocycles.